The number of nitrogen functional groups attached to an aromatic ring is 1. The summed E-state index contributed by atoms with van der Waals surface area (Å²) in [6.45, 7) is 4.86. The first-order chi connectivity index (χ1) is 8.83. The van der Waals surface area contributed by atoms with E-state index in [0.29, 0.717) is 12.3 Å². The van der Waals surface area contributed by atoms with Crippen molar-refractivity contribution in [2.45, 2.75) is 19.4 Å². The van der Waals surface area contributed by atoms with Crippen LogP contribution < -0.4 is 10.5 Å². The van der Waals surface area contributed by atoms with E-state index in [1.165, 1.54) is 31.5 Å². The van der Waals surface area contributed by atoms with E-state index in [9.17, 15) is 0 Å². The molecule has 0 aliphatic carbocycles. The molecule has 1 fully saturated rings. The smallest absolute Gasteiger partial charge is 0.142 e. The van der Waals surface area contributed by atoms with Gasteiger partial charge in [-0.1, -0.05) is 0 Å². The van der Waals surface area contributed by atoms with Crippen LogP contribution in [0.25, 0.3) is 0 Å². The lowest BCUT2D eigenvalue weighted by molar-refractivity contribution is 0.238. The largest absolute Gasteiger partial charge is 0.490 e. The number of aliphatic imine (C=N–C) groups is 1. The number of ether oxygens (including phenoxy) is 1. The average Bonchev–Trinajstić information content (AvgIpc) is 3.00. The molecule has 0 amide bonds. The number of nitrogens with two attached hydrogens (primary N) is 1. The van der Waals surface area contributed by atoms with E-state index in [4.69, 9.17) is 10.5 Å². The Morgan fingerprint density at radius 3 is 2.94 bits per heavy atom. The molecule has 0 unspecified atom stereocenters. The van der Waals surface area contributed by atoms with Crippen LogP contribution in [0, 0.1) is 0 Å². The molecule has 4 nitrogen and oxygen atoms in total. The van der Waals surface area contributed by atoms with Gasteiger partial charge in [0, 0.05) is 12.8 Å². The summed E-state index contributed by atoms with van der Waals surface area (Å²) in [6, 6.07) is 3.98. The number of likely N-dealkylation sites (tertiary alicyclic amines) is 1. The van der Waals surface area contributed by atoms with Gasteiger partial charge in [0.25, 0.3) is 0 Å². The lowest BCUT2D eigenvalue weighted by Gasteiger charge is -2.16. The zero-order valence-corrected chi connectivity index (χ0v) is 10.6. The molecule has 0 spiro atoms. The number of anilines is 1. The van der Waals surface area contributed by atoms with Gasteiger partial charge in [0.05, 0.1) is 12.2 Å². The summed E-state index contributed by atoms with van der Waals surface area (Å²) < 4.78 is 5.80. The molecule has 2 aliphatic rings. The summed E-state index contributed by atoms with van der Waals surface area (Å²) in [4.78, 5) is 6.67. The first kappa shape index (κ1) is 11.5. The van der Waals surface area contributed by atoms with Crippen LogP contribution in [-0.4, -0.2) is 37.4 Å². The molecule has 0 bridgehead atoms. The fourth-order valence-electron chi connectivity index (χ4n) is 2.57. The highest BCUT2D eigenvalue weighted by Crippen LogP contribution is 2.28. The highest BCUT2D eigenvalue weighted by Gasteiger charge is 2.13. The second-order valence-corrected chi connectivity index (χ2v) is 4.96. The van der Waals surface area contributed by atoms with E-state index in [1.54, 1.807) is 0 Å². The fourth-order valence-corrected chi connectivity index (χ4v) is 2.57. The normalized spacial score (nSPS) is 18.2. The van der Waals surface area contributed by atoms with Crippen molar-refractivity contribution in [1.29, 1.82) is 0 Å². The van der Waals surface area contributed by atoms with Crippen LogP contribution in [0.3, 0.4) is 0 Å². The Hall–Kier alpha value is -1.55. The van der Waals surface area contributed by atoms with Gasteiger partial charge < -0.3 is 10.5 Å². The molecule has 0 aromatic heterocycles. The molecule has 1 saturated heterocycles. The highest BCUT2D eigenvalue weighted by molar-refractivity contribution is 5.86. The quantitative estimate of drug-likeness (QED) is 0.821. The zero-order chi connectivity index (χ0) is 12.4. The fraction of sp³-hybridized carbons (Fsp3) is 0.500. The van der Waals surface area contributed by atoms with Crippen LogP contribution >= 0.6 is 0 Å². The Morgan fingerprint density at radius 1 is 1.28 bits per heavy atom. The lowest BCUT2D eigenvalue weighted by atomic mass is 10.1. The van der Waals surface area contributed by atoms with Crippen LogP contribution in [0.2, 0.25) is 0 Å². The monoisotopic (exact) mass is 245 g/mol. The van der Waals surface area contributed by atoms with Crippen molar-refractivity contribution in [3.8, 4) is 5.75 Å². The molecule has 18 heavy (non-hydrogen) atoms. The second kappa shape index (κ2) is 4.98. The number of rotatable bonds is 4. The first-order valence-corrected chi connectivity index (χ1v) is 6.60. The summed E-state index contributed by atoms with van der Waals surface area (Å²) in [5, 5.41) is 0. The van der Waals surface area contributed by atoms with Crippen LogP contribution in [0.5, 0.6) is 5.75 Å². The molecule has 1 aromatic rings. The highest BCUT2D eigenvalue weighted by atomic mass is 16.5. The van der Waals surface area contributed by atoms with Gasteiger partial charge in [0.1, 0.15) is 12.4 Å². The van der Waals surface area contributed by atoms with E-state index in [-0.39, 0.29) is 0 Å². The minimum absolute atomic E-state index is 0.712. The SMILES string of the molecule is Nc1cc2c(cc1OCCN1CCCC1)CN=C2. The van der Waals surface area contributed by atoms with Gasteiger partial charge in [0.15, 0.2) is 0 Å². The summed E-state index contributed by atoms with van der Waals surface area (Å²) in [6.07, 6.45) is 4.51. The minimum Gasteiger partial charge on any atom is -0.490 e. The standard InChI is InChI=1S/C14H19N3O/c15-13-7-11-9-16-10-12(11)8-14(13)18-6-5-17-3-1-2-4-17/h7-9H,1-6,10,15H2. The van der Waals surface area contributed by atoms with Gasteiger partial charge in [-0.3, -0.25) is 9.89 Å². The van der Waals surface area contributed by atoms with Gasteiger partial charge in [-0.05, 0) is 49.2 Å². The van der Waals surface area contributed by atoms with Crippen molar-refractivity contribution in [2.75, 3.05) is 32.0 Å². The van der Waals surface area contributed by atoms with E-state index < -0.39 is 0 Å². The van der Waals surface area contributed by atoms with Crippen molar-refractivity contribution >= 4 is 11.9 Å². The molecule has 96 valence electrons. The third-order valence-corrected chi connectivity index (χ3v) is 3.63. The third-order valence-electron chi connectivity index (χ3n) is 3.63. The molecule has 1 aromatic carbocycles. The first-order valence-electron chi connectivity index (χ1n) is 6.60. The van der Waals surface area contributed by atoms with Crippen molar-refractivity contribution in [3.63, 3.8) is 0 Å². The molecule has 2 N–H and O–H groups in total. The van der Waals surface area contributed by atoms with Crippen LogP contribution in [0.4, 0.5) is 5.69 Å². The molecule has 4 heteroatoms. The Labute approximate surface area is 107 Å². The van der Waals surface area contributed by atoms with Crippen molar-refractivity contribution in [2.24, 2.45) is 4.99 Å². The summed E-state index contributed by atoms with van der Waals surface area (Å²) in [7, 11) is 0. The zero-order valence-electron chi connectivity index (χ0n) is 10.6. The lowest BCUT2D eigenvalue weighted by Crippen LogP contribution is -2.25. The van der Waals surface area contributed by atoms with E-state index in [2.05, 4.69) is 9.89 Å². The van der Waals surface area contributed by atoms with Gasteiger partial charge in [-0.15, -0.1) is 0 Å². The summed E-state index contributed by atoms with van der Waals surface area (Å²) in [5.41, 5.74) is 9.03. The predicted molar refractivity (Wildman–Crippen MR) is 73.3 cm³/mol. The predicted octanol–water partition coefficient (Wildman–Crippen LogP) is 1.68. The topological polar surface area (TPSA) is 50.9 Å². The number of nitrogens with zero attached hydrogens (tertiary/aromatic N) is 2. The van der Waals surface area contributed by atoms with Gasteiger partial charge in [0.2, 0.25) is 0 Å². The third kappa shape index (κ3) is 2.34. The number of benzene rings is 1. The van der Waals surface area contributed by atoms with Gasteiger partial charge in [-0.2, -0.15) is 0 Å². The number of fused-ring (bicyclic) bond motifs is 1. The molecular weight excluding hydrogens is 226 g/mol. The Kier molecular flexibility index (Phi) is 3.19. The Balaban J connectivity index is 1.59. The number of hydrogen-bond donors (Lipinski definition) is 1. The maximum Gasteiger partial charge on any atom is 0.142 e. The van der Waals surface area contributed by atoms with E-state index in [0.717, 1.165) is 24.4 Å². The maximum absolute atomic E-state index is 5.99. The van der Waals surface area contributed by atoms with Crippen LogP contribution in [-0.2, 0) is 6.54 Å². The van der Waals surface area contributed by atoms with Crippen molar-refractivity contribution < 1.29 is 4.74 Å². The van der Waals surface area contributed by atoms with Crippen LogP contribution in [0.1, 0.15) is 24.0 Å². The molecule has 2 aliphatic heterocycles. The van der Waals surface area contributed by atoms with E-state index in [1.807, 2.05) is 18.3 Å². The number of hydrogen-bond acceptors (Lipinski definition) is 4. The second-order valence-electron chi connectivity index (χ2n) is 4.96. The minimum atomic E-state index is 0.712. The molecule has 0 saturated carbocycles. The summed E-state index contributed by atoms with van der Waals surface area (Å²) in [5.74, 6) is 0.804. The van der Waals surface area contributed by atoms with Crippen molar-refractivity contribution in [1.82, 2.24) is 4.90 Å². The Morgan fingerprint density at radius 2 is 2.11 bits per heavy atom. The molecular formula is C14H19N3O. The summed E-state index contributed by atoms with van der Waals surface area (Å²) >= 11 is 0. The molecule has 0 radical (unpaired) electrons. The van der Waals surface area contributed by atoms with Gasteiger partial charge in [-0.25, -0.2) is 0 Å². The average molecular weight is 245 g/mol. The maximum atomic E-state index is 5.99. The van der Waals surface area contributed by atoms with Crippen molar-refractivity contribution in [3.05, 3.63) is 23.3 Å². The van der Waals surface area contributed by atoms with E-state index >= 15 is 0 Å². The molecule has 3 rings (SSSR count). The van der Waals surface area contributed by atoms with Crippen LogP contribution in [0.15, 0.2) is 17.1 Å². The Bertz CT molecular complexity index is 464. The molecule has 0 atom stereocenters. The molecule has 2 heterocycles. The van der Waals surface area contributed by atoms with Gasteiger partial charge >= 0.3 is 0 Å².